The topological polar surface area (TPSA) is 60.3 Å². The van der Waals surface area contributed by atoms with Gasteiger partial charge in [0.25, 0.3) is 5.91 Å². The number of amides is 1. The molecule has 0 radical (unpaired) electrons. The van der Waals surface area contributed by atoms with E-state index < -0.39 is 5.97 Å². The molecule has 1 aromatic heterocycles. The van der Waals surface area contributed by atoms with Crippen LogP contribution in [0, 0.1) is 0 Å². The summed E-state index contributed by atoms with van der Waals surface area (Å²) in [6, 6.07) is 8.31. The first kappa shape index (κ1) is 14.3. The van der Waals surface area contributed by atoms with Gasteiger partial charge in [0.05, 0.1) is 12.7 Å². The second-order valence-corrected chi connectivity index (χ2v) is 5.10. The number of ether oxygens (including phenoxy) is 1. The number of carbonyl (C=O) groups excluding carboxylic acids is 2. The van der Waals surface area contributed by atoms with Gasteiger partial charge in [0.1, 0.15) is 5.69 Å². The highest BCUT2D eigenvalue weighted by molar-refractivity contribution is 9.10. The van der Waals surface area contributed by atoms with Crippen LogP contribution in [-0.2, 0) is 11.8 Å². The predicted octanol–water partition coefficient (Wildman–Crippen LogP) is 2.83. The summed E-state index contributed by atoms with van der Waals surface area (Å²) in [6.45, 7) is 0. The first-order valence-corrected chi connectivity index (χ1v) is 6.62. The molecule has 0 saturated carbocycles. The normalized spacial score (nSPS) is 10.2. The quantitative estimate of drug-likeness (QED) is 0.876. The second kappa shape index (κ2) is 5.92. The van der Waals surface area contributed by atoms with Crippen molar-refractivity contribution in [1.29, 1.82) is 0 Å². The van der Waals surface area contributed by atoms with Gasteiger partial charge in [-0.25, -0.2) is 4.79 Å². The van der Waals surface area contributed by atoms with Gasteiger partial charge in [-0.05, 0) is 40.2 Å². The molecule has 1 aromatic carbocycles. The van der Waals surface area contributed by atoms with Crippen molar-refractivity contribution in [2.24, 2.45) is 7.05 Å². The van der Waals surface area contributed by atoms with E-state index in [0.29, 0.717) is 16.9 Å². The van der Waals surface area contributed by atoms with E-state index in [1.807, 2.05) is 0 Å². The molecule has 1 heterocycles. The Morgan fingerprint density at radius 1 is 1.30 bits per heavy atom. The smallest absolute Gasteiger partial charge is 0.337 e. The van der Waals surface area contributed by atoms with Crippen LogP contribution in [0.4, 0.5) is 5.69 Å². The Hall–Kier alpha value is -2.08. The molecule has 0 aliphatic rings. The van der Waals surface area contributed by atoms with E-state index in [0.717, 1.165) is 4.47 Å². The average Bonchev–Trinajstić information content (AvgIpc) is 2.77. The Labute approximate surface area is 124 Å². The van der Waals surface area contributed by atoms with E-state index >= 15 is 0 Å². The summed E-state index contributed by atoms with van der Waals surface area (Å²) in [4.78, 5) is 23.6. The van der Waals surface area contributed by atoms with Gasteiger partial charge >= 0.3 is 5.97 Å². The molecular formula is C14H13BrN2O3. The van der Waals surface area contributed by atoms with Crippen molar-refractivity contribution < 1.29 is 14.3 Å². The van der Waals surface area contributed by atoms with E-state index in [-0.39, 0.29) is 5.91 Å². The van der Waals surface area contributed by atoms with E-state index in [1.165, 1.54) is 7.11 Å². The SMILES string of the molecule is COC(=O)c1cccc(NC(=O)c2cc(Br)cn2C)c1. The predicted molar refractivity (Wildman–Crippen MR) is 78.8 cm³/mol. The number of aryl methyl sites for hydroxylation is 1. The maximum absolute atomic E-state index is 12.1. The van der Waals surface area contributed by atoms with E-state index in [9.17, 15) is 9.59 Å². The van der Waals surface area contributed by atoms with Gasteiger partial charge in [-0.2, -0.15) is 0 Å². The number of anilines is 1. The number of esters is 1. The maximum atomic E-state index is 12.1. The van der Waals surface area contributed by atoms with Gasteiger partial charge < -0.3 is 14.6 Å². The number of benzene rings is 1. The third-order valence-electron chi connectivity index (χ3n) is 2.75. The Morgan fingerprint density at radius 2 is 2.05 bits per heavy atom. The summed E-state index contributed by atoms with van der Waals surface area (Å²) in [5.74, 6) is -0.692. The molecule has 1 N–H and O–H groups in total. The number of halogens is 1. The van der Waals surface area contributed by atoms with Gasteiger partial charge in [0.2, 0.25) is 0 Å². The molecule has 0 atom stereocenters. The number of aromatic nitrogens is 1. The lowest BCUT2D eigenvalue weighted by molar-refractivity contribution is 0.0600. The van der Waals surface area contributed by atoms with Crippen LogP contribution in [-0.4, -0.2) is 23.6 Å². The lowest BCUT2D eigenvalue weighted by Gasteiger charge is -2.07. The number of hydrogen-bond acceptors (Lipinski definition) is 3. The monoisotopic (exact) mass is 336 g/mol. The molecule has 5 nitrogen and oxygen atoms in total. The van der Waals surface area contributed by atoms with Gasteiger partial charge in [0.15, 0.2) is 0 Å². The molecule has 0 aliphatic carbocycles. The minimum atomic E-state index is -0.442. The molecule has 2 rings (SSSR count). The third kappa shape index (κ3) is 3.08. The lowest BCUT2D eigenvalue weighted by Crippen LogP contribution is -2.15. The summed E-state index contributed by atoms with van der Waals surface area (Å²) in [7, 11) is 3.10. The Bertz CT molecular complexity index is 664. The fraction of sp³-hybridized carbons (Fsp3) is 0.143. The number of hydrogen-bond donors (Lipinski definition) is 1. The number of methoxy groups -OCH3 is 1. The standard InChI is InChI=1S/C14H13BrN2O3/c1-17-8-10(15)7-12(17)13(18)16-11-5-3-4-9(6-11)14(19)20-2/h3-8H,1-2H3,(H,16,18). The molecule has 0 unspecified atom stereocenters. The molecule has 1 amide bonds. The zero-order chi connectivity index (χ0) is 14.7. The highest BCUT2D eigenvalue weighted by Gasteiger charge is 2.12. The Morgan fingerprint density at radius 3 is 2.65 bits per heavy atom. The van der Waals surface area contributed by atoms with Crippen LogP contribution in [0.2, 0.25) is 0 Å². The van der Waals surface area contributed by atoms with E-state index in [1.54, 1.807) is 48.1 Å². The van der Waals surface area contributed by atoms with Crippen LogP contribution in [0.25, 0.3) is 0 Å². The van der Waals surface area contributed by atoms with Crippen LogP contribution in [0.3, 0.4) is 0 Å². The van der Waals surface area contributed by atoms with Crippen LogP contribution in [0.5, 0.6) is 0 Å². The highest BCUT2D eigenvalue weighted by Crippen LogP contribution is 2.16. The minimum absolute atomic E-state index is 0.250. The van der Waals surface area contributed by atoms with E-state index in [2.05, 4.69) is 26.0 Å². The molecule has 104 valence electrons. The van der Waals surface area contributed by atoms with Crippen molar-refractivity contribution in [3.8, 4) is 0 Å². The molecule has 0 bridgehead atoms. The third-order valence-corrected chi connectivity index (χ3v) is 3.18. The van der Waals surface area contributed by atoms with Crippen LogP contribution in [0.1, 0.15) is 20.8 Å². The van der Waals surface area contributed by atoms with Crippen LogP contribution >= 0.6 is 15.9 Å². The minimum Gasteiger partial charge on any atom is -0.465 e. The zero-order valence-corrected chi connectivity index (χ0v) is 12.6. The molecule has 0 saturated heterocycles. The highest BCUT2D eigenvalue weighted by atomic mass is 79.9. The maximum Gasteiger partial charge on any atom is 0.337 e. The average molecular weight is 337 g/mol. The molecule has 2 aromatic rings. The Balaban J connectivity index is 2.20. The molecule has 0 aliphatic heterocycles. The largest absolute Gasteiger partial charge is 0.465 e. The van der Waals surface area contributed by atoms with Crippen molar-refractivity contribution in [2.45, 2.75) is 0 Å². The summed E-state index contributed by atoms with van der Waals surface area (Å²) >= 11 is 3.31. The van der Waals surface area contributed by atoms with Gasteiger partial charge in [-0.1, -0.05) is 6.07 Å². The molecule has 0 spiro atoms. The number of rotatable bonds is 3. The number of carbonyl (C=O) groups is 2. The number of nitrogens with one attached hydrogen (secondary N) is 1. The van der Waals surface area contributed by atoms with Crippen molar-refractivity contribution in [3.63, 3.8) is 0 Å². The van der Waals surface area contributed by atoms with Crippen molar-refractivity contribution in [3.05, 3.63) is 52.3 Å². The first-order chi connectivity index (χ1) is 9.51. The van der Waals surface area contributed by atoms with Crippen molar-refractivity contribution in [1.82, 2.24) is 4.57 Å². The van der Waals surface area contributed by atoms with Crippen molar-refractivity contribution in [2.75, 3.05) is 12.4 Å². The van der Waals surface area contributed by atoms with Crippen LogP contribution < -0.4 is 5.32 Å². The number of nitrogens with zero attached hydrogens (tertiary/aromatic N) is 1. The second-order valence-electron chi connectivity index (χ2n) is 4.18. The van der Waals surface area contributed by atoms with Gasteiger partial charge in [-0.15, -0.1) is 0 Å². The first-order valence-electron chi connectivity index (χ1n) is 5.83. The Kier molecular flexibility index (Phi) is 4.24. The van der Waals surface area contributed by atoms with Crippen LogP contribution in [0.15, 0.2) is 41.0 Å². The molecular weight excluding hydrogens is 324 g/mol. The lowest BCUT2D eigenvalue weighted by atomic mass is 10.2. The van der Waals surface area contributed by atoms with Crippen molar-refractivity contribution >= 4 is 33.5 Å². The summed E-state index contributed by atoms with van der Waals surface area (Å²) < 4.78 is 7.18. The fourth-order valence-electron chi connectivity index (χ4n) is 1.79. The fourth-order valence-corrected chi connectivity index (χ4v) is 2.31. The molecule has 6 heteroatoms. The molecule has 0 fully saturated rings. The van der Waals surface area contributed by atoms with Gasteiger partial charge in [0, 0.05) is 23.4 Å². The molecule has 20 heavy (non-hydrogen) atoms. The summed E-state index contributed by atoms with van der Waals surface area (Å²) in [6.07, 6.45) is 1.79. The van der Waals surface area contributed by atoms with E-state index in [4.69, 9.17) is 0 Å². The summed E-state index contributed by atoms with van der Waals surface area (Å²) in [5, 5.41) is 2.74. The summed E-state index contributed by atoms with van der Waals surface area (Å²) in [5.41, 5.74) is 1.44. The zero-order valence-electron chi connectivity index (χ0n) is 11.0. The van der Waals surface area contributed by atoms with Gasteiger partial charge in [-0.3, -0.25) is 4.79 Å².